The zero-order chi connectivity index (χ0) is 15.2. The molecule has 0 saturated carbocycles. The van der Waals surface area contributed by atoms with Gasteiger partial charge in [-0.3, -0.25) is 4.79 Å². The minimum atomic E-state index is -1.12. The largest absolute Gasteiger partial charge is 0.480 e. The van der Waals surface area contributed by atoms with Gasteiger partial charge in [-0.15, -0.1) is 0 Å². The van der Waals surface area contributed by atoms with E-state index in [1.54, 1.807) is 27.7 Å². The summed E-state index contributed by atoms with van der Waals surface area (Å²) < 4.78 is 0. The summed E-state index contributed by atoms with van der Waals surface area (Å²) in [6, 6.07) is -2.44. The van der Waals surface area contributed by atoms with Gasteiger partial charge in [0.1, 0.15) is 12.1 Å². The van der Waals surface area contributed by atoms with Crippen molar-refractivity contribution in [3.8, 4) is 0 Å². The van der Waals surface area contributed by atoms with Crippen molar-refractivity contribution in [1.82, 2.24) is 16.0 Å². The number of nitrogens with one attached hydrogen (secondary N) is 3. The maximum absolute atomic E-state index is 11.7. The van der Waals surface area contributed by atoms with Crippen molar-refractivity contribution in [2.45, 2.75) is 46.7 Å². The molecule has 7 nitrogen and oxygen atoms in total. The Labute approximate surface area is 113 Å². The molecule has 0 fully saturated rings. The molecular weight excluding hydrogens is 250 g/mol. The molecule has 0 heterocycles. The van der Waals surface area contributed by atoms with Gasteiger partial charge in [0.15, 0.2) is 0 Å². The Kier molecular flexibility index (Phi) is 6.31. The molecule has 0 spiro atoms. The summed E-state index contributed by atoms with van der Waals surface area (Å²) in [5.74, 6) is -1.44. The molecule has 0 aliphatic carbocycles. The van der Waals surface area contributed by atoms with E-state index in [0.717, 1.165) is 0 Å². The average Bonchev–Trinajstić information content (AvgIpc) is 2.24. The van der Waals surface area contributed by atoms with Gasteiger partial charge in [0, 0.05) is 6.54 Å². The molecule has 110 valence electrons. The van der Waals surface area contributed by atoms with Crippen LogP contribution in [0.3, 0.4) is 0 Å². The van der Waals surface area contributed by atoms with Crippen LogP contribution in [0.15, 0.2) is 0 Å². The number of carboxylic acids is 1. The number of hydrogen-bond donors (Lipinski definition) is 4. The van der Waals surface area contributed by atoms with Gasteiger partial charge in [-0.25, -0.2) is 9.59 Å². The molecule has 3 amide bonds. The SMILES string of the molecule is CCNC(=O)C(C)NC(=O)N[C@H](C(=O)O)C(C)(C)C. The van der Waals surface area contributed by atoms with Crippen molar-refractivity contribution >= 4 is 17.9 Å². The average molecular weight is 273 g/mol. The molecule has 2 atom stereocenters. The highest BCUT2D eigenvalue weighted by Gasteiger charge is 2.33. The summed E-state index contributed by atoms with van der Waals surface area (Å²) in [5, 5.41) is 16.4. The van der Waals surface area contributed by atoms with E-state index in [0.29, 0.717) is 6.54 Å². The molecule has 0 aliphatic rings. The Morgan fingerprint density at radius 2 is 1.68 bits per heavy atom. The van der Waals surface area contributed by atoms with Crippen molar-refractivity contribution in [3.63, 3.8) is 0 Å². The number of aliphatic carboxylic acids is 1. The first-order chi connectivity index (χ1) is 8.59. The minimum Gasteiger partial charge on any atom is -0.480 e. The maximum Gasteiger partial charge on any atom is 0.326 e. The van der Waals surface area contributed by atoms with E-state index in [1.165, 1.54) is 6.92 Å². The molecule has 0 aromatic rings. The number of rotatable bonds is 5. The van der Waals surface area contributed by atoms with E-state index in [-0.39, 0.29) is 5.91 Å². The van der Waals surface area contributed by atoms with Crippen molar-refractivity contribution in [2.75, 3.05) is 6.54 Å². The summed E-state index contributed by atoms with van der Waals surface area (Å²) >= 11 is 0. The normalized spacial score (nSPS) is 14.2. The fourth-order valence-electron chi connectivity index (χ4n) is 1.41. The monoisotopic (exact) mass is 273 g/mol. The Hall–Kier alpha value is -1.79. The second kappa shape index (κ2) is 6.96. The van der Waals surface area contributed by atoms with E-state index in [4.69, 9.17) is 5.11 Å². The van der Waals surface area contributed by atoms with Crippen LogP contribution >= 0.6 is 0 Å². The fraction of sp³-hybridized carbons (Fsp3) is 0.750. The third-order valence-electron chi connectivity index (χ3n) is 2.48. The Bertz CT molecular complexity index is 349. The van der Waals surface area contributed by atoms with Gasteiger partial charge in [-0.2, -0.15) is 0 Å². The topological polar surface area (TPSA) is 108 Å². The highest BCUT2D eigenvalue weighted by Crippen LogP contribution is 2.19. The smallest absolute Gasteiger partial charge is 0.326 e. The molecule has 0 bridgehead atoms. The molecule has 1 unspecified atom stereocenters. The van der Waals surface area contributed by atoms with E-state index in [9.17, 15) is 14.4 Å². The first-order valence-corrected chi connectivity index (χ1v) is 6.17. The minimum absolute atomic E-state index is 0.319. The van der Waals surface area contributed by atoms with Crippen molar-refractivity contribution in [2.24, 2.45) is 5.41 Å². The molecule has 0 aliphatic heterocycles. The number of carboxylic acid groups (broad SMARTS) is 1. The standard InChI is InChI=1S/C12H23N3O4/c1-6-13-9(16)7(2)14-11(19)15-8(10(17)18)12(3,4)5/h7-8H,6H2,1-5H3,(H,13,16)(H,17,18)(H2,14,15,19)/t7?,8-/m1/s1. The van der Waals surface area contributed by atoms with Crippen LogP contribution in [0.25, 0.3) is 0 Å². The van der Waals surface area contributed by atoms with E-state index in [1.807, 2.05) is 0 Å². The summed E-state index contributed by atoms with van der Waals surface area (Å²) in [5.41, 5.74) is -0.627. The lowest BCUT2D eigenvalue weighted by atomic mass is 9.87. The zero-order valence-electron chi connectivity index (χ0n) is 12.0. The molecule has 0 aromatic carbocycles. The highest BCUT2D eigenvalue weighted by atomic mass is 16.4. The lowest BCUT2D eigenvalue weighted by Crippen LogP contribution is -2.55. The van der Waals surface area contributed by atoms with Crippen LogP contribution in [-0.2, 0) is 9.59 Å². The van der Waals surface area contributed by atoms with Crippen LogP contribution in [-0.4, -0.2) is 41.6 Å². The number of carbonyl (C=O) groups is 3. The first kappa shape index (κ1) is 17.2. The third kappa shape index (κ3) is 6.08. The molecule has 0 radical (unpaired) electrons. The Morgan fingerprint density at radius 3 is 2.05 bits per heavy atom. The van der Waals surface area contributed by atoms with Gasteiger partial charge in [0.2, 0.25) is 5.91 Å². The predicted molar refractivity (Wildman–Crippen MR) is 70.7 cm³/mol. The van der Waals surface area contributed by atoms with Gasteiger partial charge < -0.3 is 21.1 Å². The van der Waals surface area contributed by atoms with Crippen LogP contribution in [0.4, 0.5) is 4.79 Å². The summed E-state index contributed by atoms with van der Waals surface area (Å²) in [7, 11) is 0. The highest BCUT2D eigenvalue weighted by molar-refractivity contribution is 5.88. The molecule has 0 rings (SSSR count). The summed E-state index contributed by atoms with van der Waals surface area (Å²) in [6.45, 7) is 8.88. The second-order valence-corrected chi connectivity index (χ2v) is 5.37. The number of amides is 3. The second-order valence-electron chi connectivity index (χ2n) is 5.37. The fourth-order valence-corrected chi connectivity index (χ4v) is 1.41. The van der Waals surface area contributed by atoms with Crippen LogP contribution < -0.4 is 16.0 Å². The van der Waals surface area contributed by atoms with E-state index < -0.39 is 29.5 Å². The lowest BCUT2D eigenvalue weighted by molar-refractivity contribution is -0.141. The number of urea groups is 1. The third-order valence-corrected chi connectivity index (χ3v) is 2.48. The molecule has 4 N–H and O–H groups in total. The predicted octanol–water partition coefficient (Wildman–Crippen LogP) is 0.310. The number of carbonyl (C=O) groups excluding carboxylic acids is 2. The van der Waals surface area contributed by atoms with Gasteiger partial charge in [0.05, 0.1) is 0 Å². The number of hydrogen-bond acceptors (Lipinski definition) is 3. The number of likely N-dealkylation sites (N-methyl/N-ethyl adjacent to an activating group) is 1. The van der Waals surface area contributed by atoms with E-state index >= 15 is 0 Å². The van der Waals surface area contributed by atoms with E-state index in [2.05, 4.69) is 16.0 Å². The van der Waals surface area contributed by atoms with Gasteiger partial charge in [0.25, 0.3) is 0 Å². The molecule has 19 heavy (non-hydrogen) atoms. The van der Waals surface area contributed by atoms with Crippen molar-refractivity contribution < 1.29 is 19.5 Å². The molecule has 0 aromatic heterocycles. The van der Waals surface area contributed by atoms with Gasteiger partial charge >= 0.3 is 12.0 Å². The van der Waals surface area contributed by atoms with Crippen molar-refractivity contribution in [1.29, 1.82) is 0 Å². The Balaban J connectivity index is 4.52. The molecule has 0 saturated heterocycles. The summed E-state index contributed by atoms with van der Waals surface area (Å²) in [6.07, 6.45) is 0. The van der Waals surface area contributed by atoms with Crippen LogP contribution in [0, 0.1) is 5.41 Å². The van der Waals surface area contributed by atoms with Crippen molar-refractivity contribution in [3.05, 3.63) is 0 Å². The summed E-state index contributed by atoms with van der Waals surface area (Å²) in [4.78, 5) is 34.2. The maximum atomic E-state index is 11.7. The quantitative estimate of drug-likeness (QED) is 0.578. The van der Waals surface area contributed by atoms with Gasteiger partial charge in [-0.05, 0) is 19.3 Å². The van der Waals surface area contributed by atoms with Crippen LogP contribution in [0.2, 0.25) is 0 Å². The van der Waals surface area contributed by atoms with Gasteiger partial charge in [-0.1, -0.05) is 20.8 Å². The molecule has 7 heteroatoms. The Morgan fingerprint density at radius 1 is 1.16 bits per heavy atom. The zero-order valence-corrected chi connectivity index (χ0v) is 12.0. The lowest BCUT2D eigenvalue weighted by Gasteiger charge is -2.28. The molecular formula is C12H23N3O4. The first-order valence-electron chi connectivity index (χ1n) is 6.17. The van der Waals surface area contributed by atoms with Crippen LogP contribution in [0.1, 0.15) is 34.6 Å². The van der Waals surface area contributed by atoms with Crippen LogP contribution in [0.5, 0.6) is 0 Å².